The first-order valence-electron chi connectivity index (χ1n) is 10.9. The summed E-state index contributed by atoms with van der Waals surface area (Å²) in [5, 5.41) is 1.01. The summed E-state index contributed by atoms with van der Waals surface area (Å²) in [6, 6.07) is 15.8. The number of para-hydroxylation sites is 1. The number of carbonyl (C=O) groups excluding carboxylic acids is 1. The van der Waals surface area contributed by atoms with Gasteiger partial charge in [0.25, 0.3) is 0 Å². The van der Waals surface area contributed by atoms with E-state index in [9.17, 15) is 9.59 Å². The number of carbonyl (C=O) groups is 1. The van der Waals surface area contributed by atoms with Crippen molar-refractivity contribution in [2.75, 3.05) is 14.2 Å². The lowest BCUT2D eigenvalue weighted by atomic mass is 10.1. The van der Waals surface area contributed by atoms with Crippen molar-refractivity contribution in [1.29, 1.82) is 0 Å². The number of nitrogens with zero attached hydrogens (tertiary/aromatic N) is 1. The van der Waals surface area contributed by atoms with E-state index in [1.165, 1.54) is 31.8 Å². The van der Waals surface area contributed by atoms with Gasteiger partial charge in [0.1, 0.15) is 22.6 Å². The molecule has 5 rings (SSSR count). The van der Waals surface area contributed by atoms with Crippen LogP contribution in [0.5, 0.6) is 17.2 Å². The normalized spacial score (nSPS) is 11.1. The predicted octanol–water partition coefficient (Wildman–Crippen LogP) is 5.87. The minimum atomic E-state index is -0.562. The molecule has 0 aliphatic heterocycles. The summed E-state index contributed by atoms with van der Waals surface area (Å²) in [6.07, 6.45) is 1.96. The molecule has 0 radical (unpaired) electrons. The number of ether oxygens (including phenoxy) is 3. The third-order valence-electron chi connectivity index (χ3n) is 5.68. The van der Waals surface area contributed by atoms with E-state index in [2.05, 4.69) is 4.98 Å². The lowest BCUT2D eigenvalue weighted by Crippen LogP contribution is -2.11. The molecule has 2 heterocycles. The fourth-order valence-corrected chi connectivity index (χ4v) is 4.80. The van der Waals surface area contributed by atoms with Crippen LogP contribution < -0.4 is 19.6 Å². The Morgan fingerprint density at radius 1 is 1.00 bits per heavy atom. The number of hydrogen-bond acceptors (Lipinski definition) is 8. The maximum Gasteiger partial charge on any atom is 0.343 e. The number of fused-ring (bicyclic) bond motifs is 2. The molecule has 0 bridgehead atoms. The number of rotatable bonds is 6. The van der Waals surface area contributed by atoms with Crippen molar-refractivity contribution in [2.24, 2.45) is 0 Å². The minimum absolute atomic E-state index is 0.183. The van der Waals surface area contributed by atoms with Crippen LogP contribution in [0.2, 0.25) is 0 Å². The molecule has 5 aromatic rings. The Bertz CT molecular complexity index is 1600. The molecule has 0 unspecified atom stereocenters. The summed E-state index contributed by atoms with van der Waals surface area (Å²) in [5.74, 6) is 0.698. The Morgan fingerprint density at radius 3 is 2.54 bits per heavy atom. The standard InChI is InChI=1S/C27H21NO6S/c1-4-15-11-17-22(13-21(15)34-27(30)16-9-10-20(31-2)23(12-16)32-3)33-14-18(25(17)29)26-28-19-7-5-6-8-24(19)35-26/h5-14H,4H2,1-3H3. The van der Waals surface area contributed by atoms with Crippen LogP contribution >= 0.6 is 11.3 Å². The van der Waals surface area contributed by atoms with Gasteiger partial charge in [-0.2, -0.15) is 0 Å². The molecule has 0 saturated heterocycles. The Hall–Kier alpha value is -4.17. The highest BCUT2D eigenvalue weighted by molar-refractivity contribution is 7.21. The highest BCUT2D eigenvalue weighted by atomic mass is 32.1. The maximum absolute atomic E-state index is 13.3. The first-order valence-corrected chi connectivity index (χ1v) is 11.7. The second kappa shape index (κ2) is 9.23. The molecule has 0 fully saturated rings. The van der Waals surface area contributed by atoms with Crippen LogP contribution in [0.25, 0.3) is 31.8 Å². The van der Waals surface area contributed by atoms with Crippen molar-refractivity contribution in [3.63, 3.8) is 0 Å². The highest BCUT2D eigenvalue weighted by Gasteiger charge is 2.19. The zero-order valence-corrected chi connectivity index (χ0v) is 20.1. The molecule has 176 valence electrons. The van der Waals surface area contributed by atoms with E-state index >= 15 is 0 Å². The van der Waals surface area contributed by atoms with Crippen LogP contribution in [0, 0.1) is 0 Å². The summed E-state index contributed by atoms with van der Waals surface area (Å²) in [7, 11) is 3.02. The monoisotopic (exact) mass is 487 g/mol. The Morgan fingerprint density at radius 2 is 1.80 bits per heavy atom. The number of aromatic nitrogens is 1. The largest absolute Gasteiger partial charge is 0.493 e. The fraction of sp³-hybridized carbons (Fsp3) is 0.148. The number of esters is 1. The van der Waals surface area contributed by atoms with E-state index in [4.69, 9.17) is 18.6 Å². The Balaban J connectivity index is 1.52. The molecule has 35 heavy (non-hydrogen) atoms. The number of thiazole rings is 1. The summed E-state index contributed by atoms with van der Waals surface area (Å²) in [6.45, 7) is 1.92. The van der Waals surface area contributed by atoms with E-state index < -0.39 is 5.97 Å². The lowest BCUT2D eigenvalue weighted by Gasteiger charge is -2.12. The molecule has 0 aliphatic rings. The quantitative estimate of drug-likeness (QED) is 0.219. The highest BCUT2D eigenvalue weighted by Crippen LogP contribution is 2.32. The van der Waals surface area contributed by atoms with E-state index in [1.54, 1.807) is 30.3 Å². The van der Waals surface area contributed by atoms with Gasteiger partial charge in [0.2, 0.25) is 5.43 Å². The average molecular weight is 488 g/mol. The van der Waals surface area contributed by atoms with Crippen molar-refractivity contribution in [1.82, 2.24) is 4.98 Å². The van der Waals surface area contributed by atoms with Gasteiger partial charge in [0.15, 0.2) is 11.5 Å². The van der Waals surface area contributed by atoms with Crippen LogP contribution in [-0.4, -0.2) is 25.2 Å². The predicted molar refractivity (Wildman–Crippen MR) is 135 cm³/mol. The molecular formula is C27H21NO6S. The second-order valence-corrected chi connectivity index (χ2v) is 8.76. The molecule has 2 aromatic heterocycles. The summed E-state index contributed by atoms with van der Waals surface area (Å²) in [5.41, 5.74) is 2.39. The maximum atomic E-state index is 13.3. The first-order chi connectivity index (χ1) is 17.0. The third kappa shape index (κ3) is 4.13. The molecular weight excluding hydrogens is 466 g/mol. The summed E-state index contributed by atoms with van der Waals surface area (Å²) >= 11 is 1.44. The molecule has 8 heteroatoms. The lowest BCUT2D eigenvalue weighted by molar-refractivity contribution is 0.0733. The van der Waals surface area contributed by atoms with Crippen LogP contribution in [0.4, 0.5) is 0 Å². The van der Waals surface area contributed by atoms with E-state index in [1.807, 2.05) is 31.2 Å². The molecule has 0 aliphatic carbocycles. The van der Waals surface area contributed by atoms with Crippen LogP contribution in [0.15, 0.2) is 70.1 Å². The van der Waals surface area contributed by atoms with Gasteiger partial charge in [-0.25, -0.2) is 9.78 Å². The van der Waals surface area contributed by atoms with Crippen LogP contribution in [-0.2, 0) is 6.42 Å². The number of aryl methyl sites for hydroxylation is 1. The molecule has 0 saturated carbocycles. The minimum Gasteiger partial charge on any atom is -0.493 e. The second-order valence-electron chi connectivity index (χ2n) is 7.73. The van der Waals surface area contributed by atoms with Gasteiger partial charge in [0.05, 0.1) is 40.9 Å². The van der Waals surface area contributed by atoms with Crippen molar-refractivity contribution >= 4 is 38.5 Å². The molecule has 7 nitrogen and oxygen atoms in total. The number of hydrogen-bond donors (Lipinski definition) is 0. The smallest absolute Gasteiger partial charge is 0.343 e. The number of methoxy groups -OCH3 is 2. The molecule has 3 aromatic carbocycles. The first kappa shape index (κ1) is 22.6. The van der Waals surface area contributed by atoms with Crippen molar-refractivity contribution in [2.45, 2.75) is 13.3 Å². The van der Waals surface area contributed by atoms with Crippen molar-refractivity contribution in [3.8, 4) is 27.8 Å². The van der Waals surface area contributed by atoms with Gasteiger partial charge in [0, 0.05) is 6.07 Å². The van der Waals surface area contributed by atoms with Gasteiger partial charge in [-0.1, -0.05) is 19.1 Å². The zero-order chi connectivity index (χ0) is 24.5. The van der Waals surface area contributed by atoms with Gasteiger partial charge < -0.3 is 18.6 Å². The summed E-state index contributed by atoms with van der Waals surface area (Å²) < 4.78 is 23.0. The van der Waals surface area contributed by atoms with Gasteiger partial charge in [-0.3, -0.25) is 4.79 Å². The molecule has 0 atom stereocenters. The molecule has 0 N–H and O–H groups in total. The molecule has 0 amide bonds. The van der Waals surface area contributed by atoms with Crippen molar-refractivity contribution in [3.05, 3.63) is 82.2 Å². The fourth-order valence-electron chi connectivity index (χ4n) is 3.83. The SMILES string of the molecule is CCc1cc2c(=O)c(-c3nc4ccccc4s3)coc2cc1OC(=O)c1ccc(OC)c(OC)c1. The average Bonchev–Trinajstić information content (AvgIpc) is 3.32. The van der Waals surface area contributed by atoms with E-state index in [0.717, 1.165) is 10.2 Å². The van der Waals surface area contributed by atoms with E-state index in [0.29, 0.717) is 56.3 Å². The van der Waals surface area contributed by atoms with Crippen molar-refractivity contribution < 1.29 is 23.4 Å². The number of benzene rings is 3. The van der Waals surface area contributed by atoms with Crippen LogP contribution in [0.3, 0.4) is 0 Å². The zero-order valence-electron chi connectivity index (χ0n) is 19.3. The van der Waals surface area contributed by atoms with Crippen LogP contribution in [0.1, 0.15) is 22.8 Å². The Kier molecular flexibility index (Phi) is 5.96. The molecule has 0 spiro atoms. The topological polar surface area (TPSA) is 87.9 Å². The van der Waals surface area contributed by atoms with Gasteiger partial charge >= 0.3 is 5.97 Å². The Labute approximate surface area is 204 Å². The van der Waals surface area contributed by atoms with E-state index in [-0.39, 0.29) is 5.43 Å². The van der Waals surface area contributed by atoms with Gasteiger partial charge in [-0.05, 0) is 48.4 Å². The third-order valence-corrected chi connectivity index (χ3v) is 6.75. The summed E-state index contributed by atoms with van der Waals surface area (Å²) in [4.78, 5) is 30.8. The van der Waals surface area contributed by atoms with Gasteiger partial charge in [-0.15, -0.1) is 11.3 Å².